The van der Waals surface area contributed by atoms with Crippen LogP contribution >= 0.6 is 11.3 Å². The lowest BCUT2D eigenvalue weighted by Crippen LogP contribution is -2.10. The first-order chi connectivity index (χ1) is 8.79. The number of thiophene rings is 1. The molecule has 2 aromatic rings. The highest BCUT2D eigenvalue weighted by Crippen LogP contribution is 2.33. The molecule has 100 valence electrons. The molecule has 5 nitrogen and oxygen atoms in total. The molecule has 19 heavy (non-hydrogen) atoms. The third kappa shape index (κ3) is 2.77. The smallest absolute Gasteiger partial charge is 0.260 e. The van der Waals surface area contributed by atoms with Gasteiger partial charge in [-0.05, 0) is 23.8 Å². The predicted octanol–water partition coefficient (Wildman–Crippen LogP) is 1.50. The van der Waals surface area contributed by atoms with Gasteiger partial charge in [-0.2, -0.15) is 0 Å². The first-order valence-electron chi connectivity index (χ1n) is 5.28. The van der Waals surface area contributed by atoms with Crippen molar-refractivity contribution >= 4 is 32.8 Å². The summed E-state index contributed by atoms with van der Waals surface area (Å²) in [6.45, 7) is 0. The van der Waals surface area contributed by atoms with Crippen LogP contribution in [0, 0.1) is 0 Å². The number of hydrogen-bond acceptors (Lipinski definition) is 5. The molecule has 1 heterocycles. The molecule has 1 amide bonds. The van der Waals surface area contributed by atoms with Gasteiger partial charge in [0, 0.05) is 11.1 Å². The Balaban J connectivity index is 2.43. The standard InChI is InChI=1S/C12H12N2O3S2/c1-19(16,17)8-4-2-7(3-5-8)10-6-9(13)11(18-10)12(14)15/h2-6H,13H2,1H3,(H2,14,15). The Morgan fingerprint density at radius 1 is 1.21 bits per heavy atom. The molecule has 0 saturated heterocycles. The van der Waals surface area contributed by atoms with Crippen LogP contribution in [0.3, 0.4) is 0 Å². The number of benzene rings is 1. The summed E-state index contributed by atoms with van der Waals surface area (Å²) in [7, 11) is -3.21. The van der Waals surface area contributed by atoms with Crippen LogP contribution in [0.1, 0.15) is 9.67 Å². The van der Waals surface area contributed by atoms with Gasteiger partial charge < -0.3 is 11.5 Å². The maximum atomic E-state index is 11.3. The van der Waals surface area contributed by atoms with Gasteiger partial charge in [0.2, 0.25) is 0 Å². The van der Waals surface area contributed by atoms with Gasteiger partial charge in [0.1, 0.15) is 4.88 Å². The second-order valence-electron chi connectivity index (χ2n) is 4.06. The van der Waals surface area contributed by atoms with Crippen LogP contribution in [0.5, 0.6) is 0 Å². The monoisotopic (exact) mass is 296 g/mol. The fourth-order valence-corrected chi connectivity index (χ4v) is 3.17. The Morgan fingerprint density at radius 2 is 1.79 bits per heavy atom. The maximum absolute atomic E-state index is 11.3. The Labute approximate surface area is 114 Å². The van der Waals surface area contributed by atoms with E-state index in [4.69, 9.17) is 11.5 Å². The number of carbonyl (C=O) groups excluding carboxylic acids is 1. The van der Waals surface area contributed by atoms with E-state index in [2.05, 4.69) is 0 Å². The zero-order valence-corrected chi connectivity index (χ0v) is 11.7. The summed E-state index contributed by atoms with van der Waals surface area (Å²) < 4.78 is 22.7. The molecule has 0 bridgehead atoms. The largest absolute Gasteiger partial charge is 0.397 e. The minimum atomic E-state index is -3.21. The molecule has 0 spiro atoms. The van der Waals surface area contributed by atoms with Crippen LogP contribution in [0.15, 0.2) is 35.2 Å². The second kappa shape index (κ2) is 4.67. The van der Waals surface area contributed by atoms with Crippen molar-refractivity contribution in [1.29, 1.82) is 0 Å². The summed E-state index contributed by atoms with van der Waals surface area (Å²) in [5.74, 6) is -0.568. The number of amides is 1. The van der Waals surface area contributed by atoms with Crippen LogP contribution in [0.4, 0.5) is 5.69 Å². The van der Waals surface area contributed by atoms with Crippen LogP contribution in [-0.4, -0.2) is 20.6 Å². The van der Waals surface area contributed by atoms with Crippen molar-refractivity contribution < 1.29 is 13.2 Å². The summed E-state index contributed by atoms with van der Waals surface area (Å²) in [4.78, 5) is 12.4. The molecular formula is C12H12N2O3S2. The maximum Gasteiger partial charge on any atom is 0.260 e. The first kappa shape index (κ1) is 13.6. The fourth-order valence-electron chi connectivity index (χ4n) is 1.61. The van der Waals surface area contributed by atoms with Gasteiger partial charge >= 0.3 is 0 Å². The summed E-state index contributed by atoms with van der Waals surface area (Å²) >= 11 is 1.19. The third-order valence-electron chi connectivity index (χ3n) is 2.55. The van der Waals surface area contributed by atoms with Gasteiger partial charge in [-0.3, -0.25) is 4.79 Å². The lowest BCUT2D eigenvalue weighted by Gasteiger charge is -2.00. The van der Waals surface area contributed by atoms with Gasteiger partial charge in [0.25, 0.3) is 5.91 Å². The molecule has 0 aliphatic carbocycles. The van der Waals surface area contributed by atoms with E-state index < -0.39 is 15.7 Å². The van der Waals surface area contributed by atoms with Crippen molar-refractivity contribution in [3.05, 3.63) is 35.2 Å². The number of rotatable bonds is 3. The SMILES string of the molecule is CS(=O)(=O)c1ccc(-c2cc(N)c(C(N)=O)s2)cc1. The predicted molar refractivity (Wildman–Crippen MR) is 75.8 cm³/mol. The molecule has 0 saturated carbocycles. The molecular weight excluding hydrogens is 284 g/mol. The number of anilines is 1. The van der Waals surface area contributed by atoms with E-state index in [1.54, 1.807) is 18.2 Å². The number of primary amides is 1. The fraction of sp³-hybridized carbons (Fsp3) is 0.0833. The van der Waals surface area contributed by atoms with E-state index in [0.717, 1.165) is 16.7 Å². The molecule has 0 radical (unpaired) electrons. The van der Waals surface area contributed by atoms with Crippen molar-refractivity contribution in [2.24, 2.45) is 5.73 Å². The minimum Gasteiger partial charge on any atom is -0.397 e. The molecule has 0 atom stereocenters. The van der Waals surface area contributed by atoms with Gasteiger partial charge in [0.05, 0.1) is 10.6 Å². The van der Waals surface area contributed by atoms with Crippen LogP contribution in [-0.2, 0) is 9.84 Å². The van der Waals surface area contributed by atoms with Crippen LogP contribution in [0.2, 0.25) is 0 Å². The van der Waals surface area contributed by atoms with Gasteiger partial charge in [0.15, 0.2) is 9.84 Å². The molecule has 0 aliphatic rings. The van der Waals surface area contributed by atoms with Crippen molar-refractivity contribution in [1.82, 2.24) is 0 Å². The lowest BCUT2D eigenvalue weighted by atomic mass is 10.2. The van der Waals surface area contributed by atoms with Crippen LogP contribution < -0.4 is 11.5 Å². The highest BCUT2D eigenvalue weighted by Gasteiger charge is 2.13. The van der Waals surface area contributed by atoms with E-state index in [1.165, 1.54) is 23.5 Å². The molecule has 2 rings (SSSR count). The molecule has 0 fully saturated rings. The van der Waals surface area contributed by atoms with Crippen molar-refractivity contribution in [2.75, 3.05) is 12.0 Å². The number of nitrogens with two attached hydrogens (primary N) is 2. The summed E-state index contributed by atoms with van der Waals surface area (Å²) in [6, 6.07) is 8.04. The number of nitrogen functional groups attached to an aromatic ring is 1. The summed E-state index contributed by atoms with van der Waals surface area (Å²) in [5, 5.41) is 0. The first-order valence-corrected chi connectivity index (χ1v) is 7.99. The van der Waals surface area contributed by atoms with Crippen molar-refractivity contribution in [3.8, 4) is 10.4 Å². The third-order valence-corrected chi connectivity index (χ3v) is 4.89. The lowest BCUT2D eigenvalue weighted by molar-refractivity contribution is 0.100. The summed E-state index contributed by atoms with van der Waals surface area (Å²) in [5.41, 5.74) is 12.0. The molecule has 1 aromatic heterocycles. The second-order valence-corrected chi connectivity index (χ2v) is 7.12. The van der Waals surface area contributed by atoms with Crippen molar-refractivity contribution in [2.45, 2.75) is 4.90 Å². The number of carbonyl (C=O) groups is 1. The topological polar surface area (TPSA) is 103 Å². The van der Waals surface area contributed by atoms with Crippen LogP contribution in [0.25, 0.3) is 10.4 Å². The van der Waals surface area contributed by atoms with Gasteiger partial charge in [-0.1, -0.05) is 12.1 Å². The normalized spacial score (nSPS) is 11.4. The number of sulfone groups is 1. The zero-order valence-electron chi connectivity index (χ0n) is 10.1. The molecule has 0 unspecified atom stereocenters. The Kier molecular flexibility index (Phi) is 3.34. The van der Waals surface area contributed by atoms with E-state index in [-0.39, 0.29) is 4.90 Å². The summed E-state index contributed by atoms with van der Waals surface area (Å²) in [6.07, 6.45) is 1.15. The molecule has 7 heteroatoms. The molecule has 4 N–H and O–H groups in total. The Hall–Kier alpha value is -1.86. The minimum absolute atomic E-state index is 0.246. The van der Waals surface area contributed by atoms with E-state index in [9.17, 15) is 13.2 Å². The van der Waals surface area contributed by atoms with E-state index in [0.29, 0.717) is 10.6 Å². The Bertz CT molecular complexity index is 731. The number of hydrogen-bond donors (Lipinski definition) is 2. The Morgan fingerprint density at radius 3 is 2.21 bits per heavy atom. The quantitative estimate of drug-likeness (QED) is 0.895. The average molecular weight is 296 g/mol. The van der Waals surface area contributed by atoms with Gasteiger partial charge in [-0.15, -0.1) is 11.3 Å². The molecule has 0 aliphatic heterocycles. The zero-order chi connectivity index (χ0) is 14.2. The highest BCUT2D eigenvalue weighted by atomic mass is 32.2. The van der Waals surface area contributed by atoms with E-state index in [1.807, 2.05) is 0 Å². The highest BCUT2D eigenvalue weighted by molar-refractivity contribution is 7.90. The van der Waals surface area contributed by atoms with Crippen molar-refractivity contribution in [3.63, 3.8) is 0 Å². The van der Waals surface area contributed by atoms with E-state index >= 15 is 0 Å². The van der Waals surface area contributed by atoms with Gasteiger partial charge in [-0.25, -0.2) is 8.42 Å². The average Bonchev–Trinajstić information content (AvgIpc) is 2.70. The molecule has 1 aromatic carbocycles.